The summed E-state index contributed by atoms with van der Waals surface area (Å²) in [6, 6.07) is 8.63. The Morgan fingerprint density at radius 3 is 2.54 bits per heavy atom. The quantitative estimate of drug-likeness (QED) is 0.768. The number of thiophene rings is 1. The van der Waals surface area contributed by atoms with E-state index >= 15 is 0 Å². The summed E-state index contributed by atoms with van der Waals surface area (Å²) < 4.78 is 34.6. The second-order valence-electron chi connectivity index (χ2n) is 4.98. The van der Waals surface area contributed by atoms with Crippen molar-refractivity contribution in [2.75, 3.05) is 26.5 Å². The second kappa shape index (κ2) is 8.16. The SMILES string of the molecule is COc1ccc(CCNC(=O)CS(=O)(=O)c2cccs2)cc1OC. The molecule has 0 aliphatic heterocycles. The van der Waals surface area contributed by atoms with Gasteiger partial charge in [0, 0.05) is 6.54 Å². The Balaban J connectivity index is 1.87. The number of rotatable bonds is 8. The average Bonchev–Trinajstić information content (AvgIpc) is 3.09. The molecule has 1 aromatic heterocycles. The minimum absolute atomic E-state index is 0.206. The van der Waals surface area contributed by atoms with Crippen molar-refractivity contribution in [2.45, 2.75) is 10.6 Å². The number of amides is 1. The molecule has 8 heteroatoms. The summed E-state index contributed by atoms with van der Waals surface area (Å²) in [6.45, 7) is 0.342. The zero-order valence-corrected chi connectivity index (χ0v) is 15.1. The molecule has 0 saturated heterocycles. The van der Waals surface area contributed by atoms with E-state index in [9.17, 15) is 13.2 Å². The van der Waals surface area contributed by atoms with Crippen LogP contribution in [0.4, 0.5) is 0 Å². The third kappa shape index (κ3) is 4.72. The number of benzene rings is 1. The summed E-state index contributed by atoms with van der Waals surface area (Å²) >= 11 is 1.11. The number of hydrogen-bond acceptors (Lipinski definition) is 6. The molecular formula is C16H19NO5S2. The molecule has 6 nitrogen and oxygen atoms in total. The minimum Gasteiger partial charge on any atom is -0.493 e. The van der Waals surface area contributed by atoms with Gasteiger partial charge in [-0.05, 0) is 35.6 Å². The number of ether oxygens (including phenoxy) is 2. The van der Waals surface area contributed by atoms with Gasteiger partial charge in [0.05, 0.1) is 14.2 Å². The van der Waals surface area contributed by atoms with Crippen LogP contribution in [0.1, 0.15) is 5.56 Å². The predicted octanol–water partition coefficient (Wildman–Crippen LogP) is 1.90. The minimum atomic E-state index is -3.56. The number of nitrogens with one attached hydrogen (secondary N) is 1. The molecule has 0 aliphatic carbocycles. The summed E-state index contributed by atoms with van der Waals surface area (Å²) in [6.07, 6.45) is 0.561. The van der Waals surface area contributed by atoms with E-state index in [1.807, 2.05) is 12.1 Å². The maximum absolute atomic E-state index is 12.0. The van der Waals surface area contributed by atoms with Gasteiger partial charge in [-0.1, -0.05) is 12.1 Å². The smallest absolute Gasteiger partial charge is 0.235 e. The molecule has 0 aliphatic rings. The normalized spacial score (nSPS) is 11.1. The molecule has 1 N–H and O–H groups in total. The topological polar surface area (TPSA) is 81.7 Å². The average molecular weight is 369 g/mol. The number of sulfone groups is 1. The van der Waals surface area contributed by atoms with Crippen LogP contribution in [0.2, 0.25) is 0 Å². The van der Waals surface area contributed by atoms with Gasteiger partial charge >= 0.3 is 0 Å². The van der Waals surface area contributed by atoms with Crippen LogP contribution < -0.4 is 14.8 Å². The molecule has 0 saturated carbocycles. The van der Waals surface area contributed by atoms with E-state index in [1.54, 1.807) is 31.7 Å². The van der Waals surface area contributed by atoms with E-state index in [0.29, 0.717) is 24.5 Å². The zero-order valence-electron chi connectivity index (χ0n) is 13.4. The first-order chi connectivity index (χ1) is 11.5. The van der Waals surface area contributed by atoms with E-state index in [1.165, 1.54) is 6.07 Å². The highest BCUT2D eigenvalue weighted by molar-refractivity contribution is 7.94. The maximum Gasteiger partial charge on any atom is 0.235 e. The molecule has 2 rings (SSSR count). The Kier molecular flexibility index (Phi) is 6.22. The van der Waals surface area contributed by atoms with Crippen LogP contribution in [0.5, 0.6) is 11.5 Å². The van der Waals surface area contributed by atoms with Crippen LogP contribution in [0.3, 0.4) is 0 Å². The van der Waals surface area contributed by atoms with E-state index in [-0.39, 0.29) is 4.21 Å². The van der Waals surface area contributed by atoms with Crippen LogP contribution in [0, 0.1) is 0 Å². The van der Waals surface area contributed by atoms with Crippen molar-refractivity contribution in [1.82, 2.24) is 5.32 Å². The maximum atomic E-state index is 12.0. The molecule has 2 aromatic rings. The Hall–Kier alpha value is -2.06. The number of carbonyl (C=O) groups is 1. The van der Waals surface area contributed by atoms with Gasteiger partial charge in [0.2, 0.25) is 5.91 Å². The van der Waals surface area contributed by atoms with Crippen LogP contribution in [0.15, 0.2) is 39.9 Å². The lowest BCUT2D eigenvalue weighted by Gasteiger charge is -2.10. The fourth-order valence-corrected chi connectivity index (χ4v) is 4.37. The summed E-state index contributed by atoms with van der Waals surface area (Å²) in [7, 11) is -0.445. The first-order valence-electron chi connectivity index (χ1n) is 7.20. The van der Waals surface area contributed by atoms with Gasteiger partial charge in [0.15, 0.2) is 21.3 Å². The van der Waals surface area contributed by atoms with Crippen molar-refractivity contribution in [2.24, 2.45) is 0 Å². The highest BCUT2D eigenvalue weighted by Crippen LogP contribution is 2.27. The van der Waals surface area contributed by atoms with Crippen LogP contribution in [-0.2, 0) is 21.1 Å². The van der Waals surface area contributed by atoms with Gasteiger partial charge in [0.25, 0.3) is 0 Å². The predicted molar refractivity (Wildman–Crippen MR) is 92.6 cm³/mol. The van der Waals surface area contributed by atoms with E-state index in [0.717, 1.165) is 16.9 Å². The lowest BCUT2D eigenvalue weighted by molar-refractivity contribution is -0.118. The zero-order chi connectivity index (χ0) is 17.6. The largest absolute Gasteiger partial charge is 0.493 e. The summed E-state index contributed by atoms with van der Waals surface area (Å²) in [5.74, 6) is 0.192. The van der Waals surface area contributed by atoms with E-state index in [4.69, 9.17) is 9.47 Å². The lowest BCUT2D eigenvalue weighted by Crippen LogP contribution is -2.31. The number of methoxy groups -OCH3 is 2. The third-order valence-corrected chi connectivity index (χ3v) is 6.41. The highest BCUT2D eigenvalue weighted by atomic mass is 32.2. The van der Waals surface area contributed by atoms with Crippen molar-refractivity contribution in [3.05, 3.63) is 41.3 Å². The summed E-state index contributed by atoms with van der Waals surface area (Å²) in [5.41, 5.74) is 0.953. The lowest BCUT2D eigenvalue weighted by atomic mass is 10.1. The Labute approximate surface area is 145 Å². The monoisotopic (exact) mass is 369 g/mol. The fourth-order valence-electron chi connectivity index (χ4n) is 2.12. The molecule has 0 atom stereocenters. The van der Waals surface area contributed by atoms with Crippen LogP contribution in [-0.4, -0.2) is 40.8 Å². The molecule has 0 bridgehead atoms. The molecule has 130 valence electrons. The van der Waals surface area contributed by atoms with Crippen LogP contribution >= 0.6 is 11.3 Å². The van der Waals surface area contributed by atoms with Crippen molar-refractivity contribution in [3.8, 4) is 11.5 Å². The molecule has 0 spiro atoms. The van der Waals surface area contributed by atoms with Gasteiger partial charge in [-0.15, -0.1) is 11.3 Å². The first-order valence-corrected chi connectivity index (χ1v) is 9.73. The van der Waals surface area contributed by atoms with Crippen molar-refractivity contribution in [3.63, 3.8) is 0 Å². The molecule has 1 amide bonds. The van der Waals surface area contributed by atoms with Gasteiger partial charge in [-0.25, -0.2) is 8.42 Å². The molecule has 0 fully saturated rings. The Morgan fingerprint density at radius 2 is 1.92 bits per heavy atom. The van der Waals surface area contributed by atoms with E-state index in [2.05, 4.69) is 5.32 Å². The van der Waals surface area contributed by atoms with Gasteiger partial charge in [-0.2, -0.15) is 0 Å². The molecule has 0 unspecified atom stereocenters. The summed E-state index contributed by atoms with van der Waals surface area (Å²) in [5, 5.41) is 4.30. The third-order valence-electron chi connectivity index (χ3n) is 3.31. The van der Waals surface area contributed by atoms with Crippen molar-refractivity contribution < 1.29 is 22.7 Å². The molecule has 1 aromatic carbocycles. The Morgan fingerprint density at radius 1 is 1.17 bits per heavy atom. The standard InChI is InChI=1S/C16H19NO5S2/c1-21-13-6-5-12(10-14(13)22-2)7-8-17-15(18)11-24(19,20)16-4-3-9-23-16/h3-6,9-10H,7-8,11H2,1-2H3,(H,17,18). The summed E-state index contributed by atoms with van der Waals surface area (Å²) in [4.78, 5) is 11.8. The van der Waals surface area contributed by atoms with Crippen molar-refractivity contribution >= 4 is 27.1 Å². The first kappa shape index (κ1) is 18.3. The number of carbonyl (C=O) groups excluding carboxylic acids is 1. The molecule has 1 heterocycles. The molecular weight excluding hydrogens is 350 g/mol. The van der Waals surface area contributed by atoms with Crippen molar-refractivity contribution in [1.29, 1.82) is 0 Å². The van der Waals surface area contributed by atoms with Gasteiger partial charge in [0.1, 0.15) is 9.96 Å². The molecule has 24 heavy (non-hydrogen) atoms. The highest BCUT2D eigenvalue weighted by Gasteiger charge is 2.19. The van der Waals surface area contributed by atoms with Gasteiger partial charge in [-0.3, -0.25) is 4.79 Å². The molecule has 0 radical (unpaired) electrons. The van der Waals surface area contributed by atoms with Gasteiger partial charge < -0.3 is 14.8 Å². The fraction of sp³-hybridized carbons (Fsp3) is 0.312. The number of hydrogen-bond donors (Lipinski definition) is 1. The van der Waals surface area contributed by atoms with E-state index < -0.39 is 21.5 Å². The Bertz CT molecular complexity index is 785. The second-order valence-corrected chi connectivity index (χ2v) is 8.14. The van der Waals surface area contributed by atoms with Crippen LogP contribution in [0.25, 0.3) is 0 Å².